The number of benzene rings is 2. The predicted molar refractivity (Wildman–Crippen MR) is 158 cm³/mol. The number of H-pyrrole nitrogens is 1. The summed E-state index contributed by atoms with van der Waals surface area (Å²) in [6, 6.07) is 17.2. The molecule has 2 aliphatic heterocycles. The van der Waals surface area contributed by atoms with Crippen LogP contribution in [0.2, 0.25) is 0 Å². The van der Waals surface area contributed by atoms with Gasteiger partial charge in [0.05, 0.1) is 24.6 Å². The van der Waals surface area contributed by atoms with Crippen molar-refractivity contribution in [2.24, 2.45) is 0 Å². The lowest BCUT2D eigenvalue weighted by Crippen LogP contribution is -2.40. The first kappa shape index (κ1) is 26.8. The van der Waals surface area contributed by atoms with Gasteiger partial charge in [0.1, 0.15) is 17.0 Å². The van der Waals surface area contributed by atoms with Gasteiger partial charge in [0.15, 0.2) is 5.82 Å². The van der Waals surface area contributed by atoms with Crippen molar-refractivity contribution in [3.63, 3.8) is 0 Å². The summed E-state index contributed by atoms with van der Waals surface area (Å²) >= 11 is 0. The molecule has 2 fully saturated rings. The molecule has 41 heavy (non-hydrogen) atoms. The molecule has 1 amide bonds. The number of carbonyl (C=O) groups is 1. The second kappa shape index (κ2) is 12.0. The number of likely N-dealkylation sites (tertiary alicyclic amines) is 1. The summed E-state index contributed by atoms with van der Waals surface area (Å²) in [5, 5.41) is 7.21. The lowest BCUT2D eigenvalue weighted by Gasteiger charge is -2.33. The van der Waals surface area contributed by atoms with E-state index in [4.69, 9.17) is 15.2 Å². The van der Waals surface area contributed by atoms with Gasteiger partial charge in [0, 0.05) is 50.6 Å². The number of nitrogens with zero attached hydrogens (tertiary/aromatic N) is 4. The maximum Gasteiger partial charge on any atom is 0.288 e. The highest BCUT2D eigenvalue weighted by Gasteiger charge is 2.27. The molecule has 212 valence electrons. The fourth-order valence-corrected chi connectivity index (χ4v) is 5.64. The van der Waals surface area contributed by atoms with E-state index in [9.17, 15) is 9.59 Å². The highest BCUT2D eigenvalue weighted by atomic mass is 16.5. The number of para-hydroxylation sites is 1. The third kappa shape index (κ3) is 5.89. The molecule has 0 radical (unpaired) electrons. The molecule has 3 N–H and O–H groups in total. The standard InChI is InChI=1S/C31H34N6O4/c32-30-28-26(22-10-12-25(13-11-22)41-24-7-2-1-3-8-24)21-37(29(28)31(39)34-33-30)23-6-4-15-36(20-23)27(38)9-5-14-35-16-18-40-19-17-35/h1-3,5,7-13,21,23H,4,6,14-20H2,(H2,32,33)(H,34,39)/t23-/m1/s1. The monoisotopic (exact) mass is 554 g/mol. The minimum absolute atomic E-state index is 0.0104. The van der Waals surface area contributed by atoms with E-state index in [2.05, 4.69) is 15.1 Å². The number of hydrogen-bond donors (Lipinski definition) is 2. The highest BCUT2D eigenvalue weighted by molar-refractivity contribution is 6.02. The zero-order valence-corrected chi connectivity index (χ0v) is 22.9. The molecule has 10 heteroatoms. The fraction of sp³-hybridized carbons (Fsp3) is 0.323. The van der Waals surface area contributed by atoms with Crippen molar-refractivity contribution in [2.45, 2.75) is 18.9 Å². The molecule has 2 saturated heterocycles. The predicted octanol–water partition coefficient (Wildman–Crippen LogP) is 3.82. The van der Waals surface area contributed by atoms with Crippen molar-refractivity contribution in [2.75, 3.05) is 51.7 Å². The molecular weight excluding hydrogens is 520 g/mol. The van der Waals surface area contributed by atoms with Crippen molar-refractivity contribution in [3.8, 4) is 22.6 Å². The van der Waals surface area contributed by atoms with E-state index in [1.165, 1.54) is 0 Å². The number of nitrogen functional groups attached to an aromatic ring is 1. The normalized spacial score (nSPS) is 18.2. The maximum absolute atomic E-state index is 13.1. The van der Waals surface area contributed by atoms with Gasteiger partial charge in [-0.1, -0.05) is 36.4 Å². The number of hydrogen-bond acceptors (Lipinski definition) is 7. The average Bonchev–Trinajstić information content (AvgIpc) is 3.43. The third-order valence-electron chi connectivity index (χ3n) is 7.76. The number of amides is 1. The lowest BCUT2D eigenvalue weighted by molar-refractivity contribution is -0.127. The zero-order valence-electron chi connectivity index (χ0n) is 22.9. The van der Waals surface area contributed by atoms with E-state index in [1.54, 1.807) is 6.08 Å². The number of nitrogens with two attached hydrogens (primary N) is 1. The van der Waals surface area contributed by atoms with E-state index in [0.29, 0.717) is 29.7 Å². The van der Waals surface area contributed by atoms with Gasteiger partial charge >= 0.3 is 0 Å². The van der Waals surface area contributed by atoms with Crippen LogP contribution in [0.4, 0.5) is 5.82 Å². The minimum Gasteiger partial charge on any atom is -0.457 e. The number of aromatic nitrogens is 3. The van der Waals surface area contributed by atoms with E-state index in [-0.39, 0.29) is 23.3 Å². The number of fused-ring (bicyclic) bond motifs is 1. The third-order valence-corrected chi connectivity index (χ3v) is 7.76. The summed E-state index contributed by atoms with van der Waals surface area (Å²) < 4.78 is 13.3. The van der Waals surface area contributed by atoms with Gasteiger partial charge in [-0.3, -0.25) is 14.5 Å². The van der Waals surface area contributed by atoms with Crippen LogP contribution in [0.5, 0.6) is 11.5 Å². The Morgan fingerprint density at radius 3 is 2.61 bits per heavy atom. The molecule has 2 aromatic heterocycles. The molecule has 6 rings (SSSR count). The summed E-state index contributed by atoms with van der Waals surface area (Å²) in [5.41, 5.74) is 8.20. The first-order valence-electron chi connectivity index (χ1n) is 14.0. The van der Waals surface area contributed by atoms with Gasteiger partial charge in [0.25, 0.3) is 5.56 Å². The number of carbonyl (C=O) groups excluding carboxylic acids is 1. The molecule has 0 spiro atoms. The van der Waals surface area contributed by atoms with Crippen LogP contribution < -0.4 is 16.0 Å². The van der Waals surface area contributed by atoms with Gasteiger partial charge in [-0.05, 0) is 42.7 Å². The summed E-state index contributed by atoms with van der Waals surface area (Å²) in [6.07, 6.45) is 7.26. The van der Waals surface area contributed by atoms with Gasteiger partial charge in [-0.15, -0.1) is 0 Å². The molecule has 2 aliphatic rings. The Balaban J connectivity index is 1.24. The number of piperidine rings is 1. The average molecular weight is 555 g/mol. The van der Waals surface area contributed by atoms with Crippen molar-refractivity contribution < 1.29 is 14.3 Å². The Kier molecular flexibility index (Phi) is 7.84. The molecule has 0 aliphatic carbocycles. The van der Waals surface area contributed by atoms with Gasteiger partial charge < -0.3 is 24.7 Å². The highest BCUT2D eigenvalue weighted by Crippen LogP contribution is 2.36. The molecule has 0 unspecified atom stereocenters. The van der Waals surface area contributed by atoms with Gasteiger partial charge in [0.2, 0.25) is 5.91 Å². The van der Waals surface area contributed by atoms with Crippen LogP contribution in [0.3, 0.4) is 0 Å². The number of anilines is 1. The smallest absolute Gasteiger partial charge is 0.288 e. The van der Waals surface area contributed by atoms with Crippen LogP contribution in [-0.4, -0.2) is 76.4 Å². The van der Waals surface area contributed by atoms with Gasteiger partial charge in [-0.25, -0.2) is 5.10 Å². The maximum atomic E-state index is 13.1. The first-order chi connectivity index (χ1) is 20.1. The van der Waals surface area contributed by atoms with Crippen molar-refractivity contribution in [1.29, 1.82) is 0 Å². The second-order valence-corrected chi connectivity index (χ2v) is 10.4. The number of aromatic amines is 1. The minimum atomic E-state index is -0.307. The fourth-order valence-electron chi connectivity index (χ4n) is 5.64. The van der Waals surface area contributed by atoms with E-state index < -0.39 is 0 Å². The SMILES string of the molecule is Nc1n[nH]c(=O)c2c1c(-c1ccc(Oc3ccccc3)cc1)cn2[C@@H]1CCCN(C(=O)C=CCN2CCOCC2)C1. The Morgan fingerprint density at radius 2 is 1.83 bits per heavy atom. The Labute approximate surface area is 238 Å². The molecule has 10 nitrogen and oxygen atoms in total. The molecular formula is C31H34N6O4. The van der Waals surface area contributed by atoms with Crippen LogP contribution in [0.1, 0.15) is 18.9 Å². The first-order valence-corrected chi connectivity index (χ1v) is 14.0. The molecule has 4 aromatic rings. The Morgan fingerprint density at radius 1 is 1.07 bits per heavy atom. The number of nitrogens with one attached hydrogen (secondary N) is 1. The van der Waals surface area contributed by atoms with Crippen molar-refractivity contribution in [3.05, 3.63) is 83.3 Å². The summed E-state index contributed by atoms with van der Waals surface area (Å²) in [4.78, 5) is 30.3. The largest absolute Gasteiger partial charge is 0.457 e. The molecule has 0 saturated carbocycles. The zero-order chi connectivity index (χ0) is 28.2. The van der Waals surface area contributed by atoms with Gasteiger partial charge in [-0.2, -0.15) is 5.10 Å². The van der Waals surface area contributed by atoms with E-state index in [0.717, 1.165) is 62.6 Å². The van der Waals surface area contributed by atoms with Crippen molar-refractivity contribution >= 4 is 22.6 Å². The second-order valence-electron chi connectivity index (χ2n) is 10.4. The summed E-state index contributed by atoms with van der Waals surface area (Å²) in [7, 11) is 0. The van der Waals surface area contributed by atoms with Crippen LogP contribution >= 0.6 is 0 Å². The topological polar surface area (TPSA) is 119 Å². The number of ether oxygens (including phenoxy) is 2. The van der Waals surface area contributed by atoms with Crippen LogP contribution in [0.25, 0.3) is 22.0 Å². The Hall–Kier alpha value is -4.41. The van der Waals surface area contributed by atoms with Crippen LogP contribution in [-0.2, 0) is 9.53 Å². The number of morpholine rings is 1. The number of rotatable bonds is 7. The Bertz CT molecular complexity index is 1590. The summed E-state index contributed by atoms with van der Waals surface area (Å²) in [6.45, 7) is 5.14. The summed E-state index contributed by atoms with van der Waals surface area (Å²) in [5.74, 6) is 1.71. The van der Waals surface area contributed by atoms with Crippen LogP contribution in [0.15, 0.2) is 77.7 Å². The molecule has 4 heterocycles. The lowest BCUT2D eigenvalue weighted by atomic mass is 10.1. The van der Waals surface area contributed by atoms with Crippen LogP contribution in [0, 0.1) is 0 Å². The quantitative estimate of drug-likeness (QED) is 0.334. The molecule has 2 aromatic carbocycles. The van der Waals surface area contributed by atoms with E-state index in [1.807, 2.05) is 76.3 Å². The van der Waals surface area contributed by atoms with Crippen molar-refractivity contribution in [1.82, 2.24) is 24.6 Å². The molecule has 1 atom stereocenters. The molecule has 0 bridgehead atoms. The van der Waals surface area contributed by atoms with E-state index >= 15 is 0 Å².